The number of anilines is 3. The van der Waals surface area contributed by atoms with Crippen molar-refractivity contribution in [3.05, 3.63) is 52.1 Å². The summed E-state index contributed by atoms with van der Waals surface area (Å²) >= 11 is 0. The zero-order chi connectivity index (χ0) is 20.9. The van der Waals surface area contributed by atoms with Crippen molar-refractivity contribution in [2.75, 3.05) is 15.4 Å². The molecule has 0 bridgehead atoms. The van der Waals surface area contributed by atoms with Crippen molar-refractivity contribution in [3.8, 4) is 0 Å². The number of rotatable bonds is 4. The van der Waals surface area contributed by atoms with Crippen molar-refractivity contribution >= 4 is 90.6 Å². The predicted octanol–water partition coefficient (Wildman–Crippen LogP) is 2.26. The van der Waals surface area contributed by atoms with E-state index >= 15 is 0 Å². The Balaban J connectivity index is 0.00000231. The van der Waals surface area contributed by atoms with E-state index in [1.54, 1.807) is 18.2 Å². The predicted molar refractivity (Wildman–Crippen MR) is 120 cm³/mol. The van der Waals surface area contributed by atoms with Gasteiger partial charge in [-0.05, 0) is 84.5 Å². The van der Waals surface area contributed by atoms with Crippen LogP contribution in [0.5, 0.6) is 0 Å². The van der Waals surface area contributed by atoms with Gasteiger partial charge in [-0.1, -0.05) is 6.07 Å². The third-order valence-electron chi connectivity index (χ3n) is 5.92. The Bertz CT molecular complexity index is 1160. The van der Waals surface area contributed by atoms with Gasteiger partial charge >= 0.3 is 16.2 Å². The van der Waals surface area contributed by atoms with Gasteiger partial charge in [0, 0.05) is 62.8 Å². The molecule has 0 saturated heterocycles. The van der Waals surface area contributed by atoms with Gasteiger partial charge in [0.15, 0.2) is 0 Å². The largest absolute Gasteiger partial charge is 0.334 e. The summed E-state index contributed by atoms with van der Waals surface area (Å²) in [6.07, 6.45) is 6.07. The van der Waals surface area contributed by atoms with E-state index in [0.717, 1.165) is 55.3 Å². The summed E-state index contributed by atoms with van der Waals surface area (Å²) in [5.41, 5.74) is 7.22. The number of nitrogens with one attached hydrogen (secondary N) is 4. The average Bonchev–Trinajstić information content (AvgIpc) is 3.38. The first kappa shape index (κ1) is 22.7. The van der Waals surface area contributed by atoms with E-state index in [1.165, 1.54) is 11.1 Å². The van der Waals surface area contributed by atoms with Crippen LogP contribution in [0.15, 0.2) is 24.3 Å². The quantitative estimate of drug-likeness (QED) is 0.518. The summed E-state index contributed by atoms with van der Waals surface area (Å²) < 4.78 is 29.3. The number of fused-ring (bicyclic) bond motifs is 3. The molecule has 0 saturated carbocycles. The minimum Gasteiger partial charge on any atom is -0.326 e. The molecule has 10 heteroatoms. The average molecular weight is 466 g/mol. The molecule has 0 atom stereocenters. The number of aryl methyl sites for hydroxylation is 2. The normalized spacial score (nSPS) is 15.9. The van der Waals surface area contributed by atoms with Crippen LogP contribution in [0, 0.1) is 0 Å². The summed E-state index contributed by atoms with van der Waals surface area (Å²) in [6.45, 7) is 0. The van der Waals surface area contributed by atoms with Crippen LogP contribution >= 0.6 is 0 Å². The zero-order valence-corrected chi connectivity index (χ0v) is 21.2. The Morgan fingerprint density at radius 3 is 2.29 bits per heavy atom. The van der Waals surface area contributed by atoms with Crippen LogP contribution in [0.2, 0.25) is 0 Å². The zero-order valence-electron chi connectivity index (χ0n) is 17.3. The topological polar surface area (TPSA) is 116 Å². The van der Waals surface area contributed by atoms with Crippen LogP contribution in [-0.2, 0) is 47.1 Å². The van der Waals surface area contributed by atoms with Crippen molar-refractivity contribution in [2.24, 2.45) is 0 Å². The smallest absolute Gasteiger partial charge is 0.326 e. The van der Waals surface area contributed by atoms with E-state index < -0.39 is 16.2 Å². The SMILES string of the molecule is O=C1Cc2cc(NS(=O)(=O)NC(=O)Nc3c4c(cc5c3CCC5)CCC4)ccc2N1.[K]. The van der Waals surface area contributed by atoms with Gasteiger partial charge in [0.25, 0.3) is 0 Å². The molecule has 2 aromatic rings. The molecule has 31 heavy (non-hydrogen) atoms. The van der Waals surface area contributed by atoms with E-state index in [9.17, 15) is 18.0 Å². The molecule has 2 aromatic carbocycles. The molecule has 3 aliphatic rings. The maximum absolute atomic E-state index is 12.6. The second-order valence-corrected chi connectivity index (χ2v) is 9.41. The second-order valence-electron chi connectivity index (χ2n) is 7.99. The van der Waals surface area contributed by atoms with E-state index in [-0.39, 0.29) is 69.4 Å². The second kappa shape index (κ2) is 8.84. The van der Waals surface area contributed by atoms with Crippen LogP contribution < -0.4 is 20.1 Å². The maximum Gasteiger partial charge on any atom is 0.334 e. The van der Waals surface area contributed by atoms with Crippen molar-refractivity contribution in [1.82, 2.24) is 4.72 Å². The molecule has 4 N–H and O–H groups in total. The standard InChI is InChI=1S/C21H22N4O4S.K/c26-19-11-14-10-15(7-8-18(14)22-19)24-30(28,29)25-21(27)23-20-16-5-1-3-12(16)9-13-4-2-6-17(13)20;/h7-10,24H,1-6,11H2,(H,22,26)(H2,23,25,27);. The molecule has 1 aliphatic heterocycles. The molecule has 0 fully saturated rings. The Morgan fingerprint density at radius 2 is 1.61 bits per heavy atom. The van der Waals surface area contributed by atoms with Crippen LogP contribution in [0.1, 0.15) is 40.7 Å². The summed E-state index contributed by atoms with van der Waals surface area (Å²) in [5, 5.41) is 5.50. The van der Waals surface area contributed by atoms with Crippen LogP contribution in [0.3, 0.4) is 0 Å². The van der Waals surface area contributed by atoms with E-state index in [2.05, 4.69) is 21.4 Å². The fourth-order valence-corrected chi connectivity index (χ4v) is 5.49. The van der Waals surface area contributed by atoms with Gasteiger partial charge in [-0.25, -0.2) is 9.52 Å². The van der Waals surface area contributed by atoms with Crippen LogP contribution in [0.25, 0.3) is 0 Å². The molecule has 3 amide bonds. The molecule has 0 spiro atoms. The van der Waals surface area contributed by atoms with Crippen molar-refractivity contribution < 1.29 is 18.0 Å². The molecule has 1 heterocycles. The van der Waals surface area contributed by atoms with E-state index in [4.69, 9.17) is 0 Å². The Labute approximate surface area is 223 Å². The van der Waals surface area contributed by atoms with Crippen molar-refractivity contribution in [2.45, 2.75) is 44.9 Å². The molecule has 0 unspecified atom stereocenters. The van der Waals surface area contributed by atoms with E-state index in [0.29, 0.717) is 11.3 Å². The number of amides is 3. The fourth-order valence-electron chi connectivity index (χ4n) is 4.70. The van der Waals surface area contributed by atoms with E-state index in [1.807, 2.05) is 4.72 Å². The number of hydrogen-bond acceptors (Lipinski definition) is 4. The molecule has 2 aliphatic carbocycles. The number of urea groups is 1. The fraction of sp³-hybridized carbons (Fsp3) is 0.333. The molecule has 1 radical (unpaired) electrons. The summed E-state index contributed by atoms with van der Waals surface area (Å²) in [6, 6.07) is 6.23. The van der Waals surface area contributed by atoms with Gasteiger partial charge in [-0.3, -0.25) is 9.52 Å². The number of benzene rings is 2. The number of carbonyl (C=O) groups excluding carboxylic acids is 2. The van der Waals surface area contributed by atoms with Crippen LogP contribution in [-0.4, -0.2) is 71.7 Å². The molecular formula is C21H22KN4O4S. The minimum atomic E-state index is -4.13. The van der Waals surface area contributed by atoms with Crippen LogP contribution in [0.4, 0.5) is 21.9 Å². The number of hydrogen-bond donors (Lipinski definition) is 4. The van der Waals surface area contributed by atoms with Crippen molar-refractivity contribution in [3.63, 3.8) is 0 Å². The monoisotopic (exact) mass is 465 g/mol. The van der Waals surface area contributed by atoms with Crippen molar-refractivity contribution in [1.29, 1.82) is 0 Å². The Hall–Kier alpha value is -1.43. The summed E-state index contributed by atoms with van der Waals surface area (Å²) in [4.78, 5) is 24.0. The molecule has 0 aromatic heterocycles. The molecule has 8 nitrogen and oxygen atoms in total. The maximum atomic E-state index is 12.6. The summed E-state index contributed by atoms with van der Waals surface area (Å²) in [7, 11) is -4.13. The van der Waals surface area contributed by atoms with Gasteiger partial charge in [0.05, 0.1) is 12.1 Å². The summed E-state index contributed by atoms with van der Waals surface area (Å²) in [5.74, 6) is -0.134. The third-order valence-corrected chi connectivity index (χ3v) is 6.88. The third kappa shape index (κ3) is 4.69. The first-order valence-corrected chi connectivity index (χ1v) is 11.6. The molecule has 5 rings (SSSR count). The molecule has 157 valence electrons. The Morgan fingerprint density at radius 1 is 0.935 bits per heavy atom. The Kier molecular flexibility index (Phi) is 6.48. The van der Waals surface area contributed by atoms with Gasteiger partial charge in [-0.15, -0.1) is 0 Å². The van der Waals surface area contributed by atoms with Gasteiger partial charge in [-0.2, -0.15) is 8.42 Å². The minimum absolute atomic E-state index is 0. The van der Waals surface area contributed by atoms with Gasteiger partial charge in [0.1, 0.15) is 0 Å². The molecular weight excluding hydrogens is 443 g/mol. The van der Waals surface area contributed by atoms with Gasteiger partial charge in [0.2, 0.25) is 5.91 Å². The number of carbonyl (C=O) groups is 2. The van der Waals surface area contributed by atoms with Gasteiger partial charge < -0.3 is 10.6 Å². The first-order chi connectivity index (χ1) is 14.4. The first-order valence-electron chi connectivity index (χ1n) is 10.1.